The van der Waals surface area contributed by atoms with Gasteiger partial charge in [-0.05, 0) is 6.07 Å². The lowest BCUT2D eigenvalue weighted by Gasteiger charge is -1.96. The summed E-state index contributed by atoms with van der Waals surface area (Å²) < 4.78 is 13.5. The fourth-order valence-corrected chi connectivity index (χ4v) is 1.62. The fraction of sp³-hybridized carbons (Fsp3) is 0. The van der Waals surface area contributed by atoms with Crippen molar-refractivity contribution in [3.05, 3.63) is 34.6 Å². The Hall–Kier alpha value is -2.77. The number of fused-ring (bicyclic) bond motifs is 1. The Balaban J connectivity index is 2.30. The molecule has 0 saturated heterocycles. The Labute approximate surface area is 98.9 Å². The van der Waals surface area contributed by atoms with Crippen molar-refractivity contribution >= 4 is 17.1 Å². The summed E-state index contributed by atoms with van der Waals surface area (Å²) in [6, 6.07) is 1.45. The second-order valence-corrected chi connectivity index (χ2v) is 3.59. The fourth-order valence-electron chi connectivity index (χ4n) is 1.62. The Bertz CT molecular complexity index is 792. The highest BCUT2D eigenvalue weighted by Crippen LogP contribution is 2.19. The Kier molecular flexibility index (Phi) is 2.09. The number of aromatic amines is 2. The van der Waals surface area contributed by atoms with E-state index in [9.17, 15) is 9.18 Å². The molecule has 0 amide bonds. The third-order valence-electron chi connectivity index (χ3n) is 2.41. The molecular weight excluding hydrogens is 239 g/mol. The van der Waals surface area contributed by atoms with Crippen LogP contribution in [-0.4, -0.2) is 24.9 Å². The molecule has 3 heterocycles. The van der Waals surface area contributed by atoms with E-state index in [2.05, 4.69) is 24.9 Å². The van der Waals surface area contributed by atoms with Crippen LogP contribution in [0.2, 0.25) is 0 Å². The minimum Gasteiger partial charge on any atom is -0.369 e. The van der Waals surface area contributed by atoms with Crippen LogP contribution in [0.3, 0.4) is 0 Å². The van der Waals surface area contributed by atoms with Crippen molar-refractivity contribution in [1.29, 1.82) is 0 Å². The minimum absolute atomic E-state index is 0.0410. The molecule has 4 N–H and O–H groups in total. The highest BCUT2D eigenvalue weighted by Gasteiger charge is 2.12. The van der Waals surface area contributed by atoms with Crippen molar-refractivity contribution in [2.24, 2.45) is 0 Å². The highest BCUT2D eigenvalue weighted by atomic mass is 19.1. The molecule has 18 heavy (non-hydrogen) atoms. The lowest BCUT2D eigenvalue weighted by Crippen LogP contribution is -2.10. The Morgan fingerprint density at radius 2 is 2.11 bits per heavy atom. The summed E-state index contributed by atoms with van der Waals surface area (Å²) in [4.78, 5) is 28.1. The first-order chi connectivity index (χ1) is 8.65. The Morgan fingerprint density at radius 3 is 2.89 bits per heavy atom. The first-order valence-electron chi connectivity index (χ1n) is 5.00. The number of imidazole rings is 1. The lowest BCUT2D eigenvalue weighted by atomic mass is 10.2. The molecule has 0 bridgehead atoms. The number of hydrogen-bond acceptors (Lipinski definition) is 5. The van der Waals surface area contributed by atoms with Gasteiger partial charge in [0.1, 0.15) is 5.82 Å². The third kappa shape index (κ3) is 1.51. The van der Waals surface area contributed by atoms with Crippen molar-refractivity contribution in [2.75, 3.05) is 5.73 Å². The van der Waals surface area contributed by atoms with Crippen LogP contribution in [0, 0.1) is 5.82 Å². The summed E-state index contributed by atoms with van der Waals surface area (Å²) in [6.07, 6.45) is 2.49. The summed E-state index contributed by atoms with van der Waals surface area (Å²) in [5.41, 5.74) is 5.44. The van der Waals surface area contributed by atoms with Crippen LogP contribution in [0.15, 0.2) is 23.3 Å². The molecule has 7 nitrogen and oxygen atoms in total. The largest absolute Gasteiger partial charge is 0.369 e. The van der Waals surface area contributed by atoms with E-state index < -0.39 is 11.4 Å². The van der Waals surface area contributed by atoms with Crippen LogP contribution in [0.5, 0.6) is 0 Å². The molecule has 0 aliphatic carbocycles. The zero-order valence-electron chi connectivity index (χ0n) is 8.94. The second kappa shape index (κ2) is 3.62. The van der Waals surface area contributed by atoms with Crippen molar-refractivity contribution < 1.29 is 4.39 Å². The Morgan fingerprint density at radius 1 is 1.28 bits per heavy atom. The van der Waals surface area contributed by atoms with Gasteiger partial charge in [0, 0.05) is 6.20 Å². The molecule has 90 valence electrons. The summed E-state index contributed by atoms with van der Waals surface area (Å²) >= 11 is 0. The SMILES string of the molecule is Nc1nc2nc(-c3ccncc3F)[nH]c2c(=O)[nH]1. The number of aromatic nitrogens is 5. The van der Waals surface area contributed by atoms with Crippen LogP contribution >= 0.6 is 0 Å². The van der Waals surface area contributed by atoms with E-state index in [4.69, 9.17) is 5.73 Å². The number of rotatable bonds is 1. The molecule has 0 saturated carbocycles. The van der Waals surface area contributed by atoms with Crippen LogP contribution in [0.4, 0.5) is 10.3 Å². The second-order valence-electron chi connectivity index (χ2n) is 3.59. The molecule has 0 aliphatic rings. The van der Waals surface area contributed by atoms with Gasteiger partial charge in [0.15, 0.2) is 17.0 Å². The van der Waals surface area contributed by atoms with Crippen molar-refractivity contribution in [2.45, 2.75) is 0 Å². The van der Waals surface area contributed by atoms with Gasteiger partial charge in [-0.1, -0.05) is 0 Å². The van der Waals surface area contributed by atoms with Crippen molar-refractivity contribution in [1.82, 2.24) is 24.9 Å². The number of anilines is 1. The van der Waals surface area contributed by atoms with Crippen molar-refractivity contribution in [3.8, 4) is 11.4 Å². The number of nitrogens with two attached hydrogens (primary N) is 1. The summed E-state index contributed by atoms with van der Waals surface area (Å²) in [5.74, 6) is -0.379. The third-order valence-corrected chi connectivity index (χ3v) is 2.41. The van der Waals surface area contributed by atoms with E-state index in [-0.39, 0.29) is 28.5 Å². The van der Waals surface area contributed by atoms with Gasteiger partial charge in [-0.2, -0.15) is 4.98 Å². The van der Waals surface area contributed by atoms with E-state index in [0.717, 1.165) is 6.20 Å². The lowest BCUT2D eigenvalue weighted by molar-refractivity contribution is 0.624. The average molecular weight is 246 g/mol. The predicted molar refractivity (Wildman–Crippen MR) is 62.1 cm³/mol. The molecule has 0 radical (unpaired) electrons. The quantitative estimate of drug-likeness (QED) is 0.576. The summed E-state index contributed by atoms with van der Waals surface area (Å²) in [5, 5.41) is 0. The molecule has 0 fully saturated rings. The van der Waals surface area contributed by atoms with E-state index >= 15 is 0 Å². The van der Waals surface area contributed by atoms with Gasteiger partial charge in [0.2, 0.25) is 5.95 Å². The van der Waals surface area contributed by atoms with E-state index in [1.54, 1.807) is 0 Å². The first kappa shape index (κ1) is 10.4. The van der Waals surface area contributed by atoms with Gasteiger partial charge in [0.05, 0.1) is 11.8 Å². The maximum Gasteiger partial charge on any atom is 0.278 e. The van der Waals surface area contributed by atoms with Crippen LogP contribution in [-0.2, 0) is 0 Å². The number of nitrogen functional groups attached to an aromatic ring is 1. The minimum atomic E-state index is -0.541. The normalized spacial score (nSPS) is 10.9. The van der Waals surface area contributed by atoms with Crippen LogP contribution < -0.4 is 11.3 Å². The summed E-state index contributed by atoms with van der Waals surface area (Å²) in [7, 11) is 0. The number of H-pyrrole nitrogens is 2. The number of pyridine rings is 1. The van der Waals surface area contributed by atoms with E-state index in [1.165, 1.54) is 12.3 Å². The molecule has 0 aliphatic heterocycles. The molecule has 3 aromatic rings. The van der Waals surface area contributed by atoms with Gasteiger partial charge >= 0.3 is 0 Å². The first-order valence-corrected chi connectivity index (χ1v) is 5.00. The molecule has 0 atom stereocenters. The number of nitrogens with one attached hydrogen (secondary N) is 2. The molecule has 8 heteroatoms. The molecule has 0 unspecified atom stereocenters. The zero-order chi connectivity index (χ0) is 12.7. The topological polar surface area (TPSA) is 113 Å². The highest BCUT2D eigenvalue weighted by molar-refractivity contribution is 5.75. The molecule has 0 aromatic carbocycles. The predicted octanol–water partition coefficient (Wildman–Crippen LogP) is 0.429. The van der Waals surface area contributed by atoms with Gasteiger partial charge in [-0.15, -0.1) is 0 Å². The van der Waals surface area contributed by atoms with E-state index in [0.29, 0.717) is 0 Å². The maximum absolute atomic E-state index is 13.5. The smallest absolute Gasteiger partial charge is 0.278 e. The van der Waals surface area contributed by atoms with Crippen LogP contribution in [0.1, 0.15) is 0 Å². The monoisotopic (exact) mass is 246 g/mol. The van der Waals surface area contributed by atoms with Crippen LogP contribution in [0.25, 0.3) is 22.6 Å². The molecular formula is C10H7FN6O. The summed E-state index contributed by atoms with van der Waals surface area (Å²) in [6.45, 7) is 0. The molecule has 0 spiro atoms. The average Bonchev–Trinajstić information content (AvgIpc) is 2.73. The number of halogens is 1. The maximum atomic E-state index is 13.5. The van der Waals surface area contributed by atoms with Gasteiger partial charge in [-0.25, -0.2) is 9.37 Å². The molecule has 3 rings (SSSR count). The molecule has 3 aromatic heterocycles. The van der Waals surface area contributed by atoms with Gasteiger partial charge in [-0.3, -0.25) is 14.8 Å². The standard InChI is InChI=1S/C10H7FN6O/c11-5-3-13-2-1-4(5)7-14-6-8(15-7)16-10(12)17-9(6)18/h1-3H,(H4,12,14,15,16,17,18). The number of hydrogen-bond donors (Lipinski definition) is 3. The van der Waals surface area contributed by atoms with Gasteiger partial charge < -0.3 is 10.7 Å². The van der Waals surface area contributed by atoms with Crippen molar-refractivity contribution in [3.63, 3.8) is 0 Å². The van der Waals surface area contributed by atoms with Gasteiger partial charge in [0.25, 0.3) is 5.56 Å². The van der Waals surface area contributed by atoms with E-state index in [1.807, 2.05) is 0 Å². The zero-order valence-corrected chi connectivity index (χ0v) is 8.94. The number of nitrogens with zero attached hydrogens (tertiary/aromatic N) is 3.